The van der Waals surface area contributed by atoms with E-state index < -0.39 is 0 Å². The van der Waals surface area contributed by atoms with Crippen molar-refractivity contribution in [2.24, 2.45) is 0 Å². The summed E-state index contributed by atoms with van der Waals surface area (Å²) in [6.45, 7) is 6.40. The minimum Gasteiger partial charge on any atom is -0.440 e. The first-order chi connectivity index (χ1) is 10.1. The second-order valence-electron chi connectivity index (χ2n) is 5.32. The quantitative estimate of drug-likeness (QED) is 0.892. The molecule has 1 amide bonds. The van der Waals surface area contributed by atoms with Crippen LogP contribution in [0.4, 0.5) is 0 Å². The summed E-state index contributed by atoms with van der Waals surface area (Å²) in [4.78, 5) is 19.9. The van der Waals surface area contributed by atoms with Gasteiger partial charge in [-0.3, -0.25) is 4.79 Å². The average Bonchev–Trinajstić information content (AvgIpc) is 3.10. The zero-order valence-corrected chi connectivity index (χ0v) is 15.5. The molecule has 1 atom stereocenters. The number of oxazole rings is 1. The van der Waals surface area contributed by atoms with Crippen molar-refractivity contribution in [2.45, 2.75) is 26.3 Å². The topological polar surface area (TPSA) is 58.4 Å². The first-order valence-electron chi connectivity index (χ1n) is 7.15. The largest absolute Gasteiger partial charge is 0.440 e. The highest BCUT2D eigenvalue weighted by atomic mass is 35.5. The molecule has 3 rings (SSSR count). The molecular formula is C15H21Cl2N3O2S. The summed E-state index contributed by atoms with van der Waals surface area (Å²) in [7, 11) is 0. The summed E-state index contributed by atoms with van der Waals surface area (Å²) in [6, 6.07) is 4.17. The standard InChI is InChI=1S/C15H19N3O2S.2ClH/c1-10-9-16-5-6-18(10)14(19)8-12-11(2)20-15(17-12)13-4-3-7-21-13;;/h3-4,7,10,16H,5-6,8-9H2,1-2H3;2*1H. The van der Waals surface area contributed by atoms with Crippen LogP contribution in [0.1, 0.15) is 18.4 Å². The van der Waals surface area contributed by atoms with Gasteiger partial charge in [-0.25, -0.2) is 4.98 Å². The van der Waals surface area contributed by atoms with Gasteiger partial charge < -0.3 is 14.6 Å². The Kier molecular flexibility index (Phi) is 7.54. The van der Waals surface area contributed by atoms with Crippen LogP contribution < -0.4 is 5.32 Å². The lowest BCUT2D eigenvalue weighted by Crippen LogP contribution is -2.52. The molecule has 0 radical (unpaired) electrons. The van der Waals surface area contributed by atoms with E-state index in [1.807, 2.05) is 29.3 Å². The molecule has 0 bridgehead atoms. The fraction of sp³-hybridized carbons (Fsp3) is 0.467. The van der Waals surface area contributed by atoms with Crippen molar-refractivity contribution in [3.05, 3.63) is 29.0 Å². The lowest BCUT2D eigenvalue weighted by atomic mass is 10.1. The van der Waals surface area contributed by atoms with Crippen LogP contribution in [0.15, 0.2) is 21.9 Å². The lowest BCUT2D eigenvalue weighted by molar-refractivity contribution is -0.133. The van der Waals surface area contributed by atoms with E-state index in [-0.39, 0.29) is 36.8 Å². The maximum atomic E-state index is 12.4. The van der Waals surface area contributed by atoms with Gasteiger partial charge in [0.25, 0.3) is 0 Å². The van der Waals surface area contributed by atoms with Crippen LogP contribution in [0, 0.1) is 6.92 Å². The van der Waals surface area contributed by atoms with Gasteiger partial charge in [-0.15, -0.1) is 36.2 Å². The molecule has 2 aromatic heterocycles. The number of aromatic nitrogens is 1. The van der Waals surface area contributed by atoms with Crippen LogP contribution in [0.5, 0.6) is 0 Å². The van der Waals surface area contributed by atoms with Crippen molar-refractivity contribution in [3.8, 4) is 10.8 Å². The van der Waals surface area contributed by atoms with E-state index in [9.17, 15) is 4.79 Å². The highest BCUT2D eigenvalue weighted by Gasteiger charge is 2.25. The molecule has 0 aliphatic carbocycles. The number of amides is 1. The smallest absolute Gasteiger partial charge is 0.236 e. The van der Waals surface area contributed by atoms with Gasteiger partial charge in [-0.2, -0.15) is 0 Å². The number of carbonyl (C=O) groups is 1. The van der Waals surface area contributed by atoms with E-state index in [4.69, 9.17) is 4.42 Å². The van der Waals surface area contributed by atoms with E-state index in [0.29, 0.717) is 12.3 Å². The Balaban J connectivity index is 0.00000132. The number of hydrogen-bond donors (Lipinski definition) is 1. The fourth-order valence-corrected chi connectivity index (χ4v) is 3.20. The molecule has 5 nitrogen and oxygen atoms in total. The lowest BCUT2D eigenvalue weighted by Gasteiger charge is -2.33. The third-order valence-electron chi connectivity index (χ3n) is 3.76. The number of thiophene rings is 1. The number of hydrogen-bond acceptors (Lipinski definition) is 5. The van der Waals surface area contributed by atoms with Gasteiger partial charge in [0, 0.05) is 25.7 Å². The Morgan fingerprint density at radius 1 is 1.52 bits per heavy atom. The number of nitrogens with zero attached hydrogens (tertiary/aromatic N) is 2. The number of halogens is 2. The summed E-state index contributed by atoms with van der Waals surface area (Å²) in [5.41, 5.74) is 0.745. The Labute approximate surface area is 152 Å². The maximum Gasteiger partial charge on any atom is 0.236 e. The van der Waals surface area contributed by atoms with Gasteiger partial charge in [0.1, 0.15) is 5.76 Å². The van der Waals surface area contributed by atoms with E-state index >= 15 is 0 Å². The van der Waals surface area contributed by atoms with Crippen LogP contribution in [0.3, 0.4) is 0 Å². The zero-order chi connectivity index (χ0) is 14.8. The van der Waals surface area contributed by atoms with Gasteiger partial charge in [0.2, 0.25) is 11.8 Å². The maximum absolute atomic E-state index is 12.4. The molecule has 1 saturated heterocycles. The van der Waals surface area contributed by atoms with Gasteiger partial charge in [0.05, 0.1) is 17.0 Å². The van der Waals surface area contributed by atoms with Crippen LogP contribution >= 0.6 is 36.2 Å². The number of carbonyl (C=O) groups excluding carboxylic acids is 1. The van der Waals surface area contributed by atoms with Crippen molar-refractivity contribution >= 4 is 42.1 Å². The van der Waals surface area contributed by atoms with Gasteiger partial charge >= 0.3 is 0 Å². The van der Waals surface area contributed by atoms with Gasteiger partial charge in [0.15, 0.2) is 0 Å². The molecule has 1 aliphatic rings. The third kappa shape index (κ3) is 4.47. The first-order valence-corrected chi connectivity index (χ1v) is 8.03. The van der Waals surface area contributed by atoms with Gasteiger partial charge in [-0.05, 0) is 25.3 Å². The van der Waals surface area contributed by atoms with Crippen molar-refractivity contribution in [1.29, 1.82) is 0 Å². The third-order valence-corrected chi connectivity index (χ3v) is 4.62. The SMILES string of the molecule is Cc1oc(-c2cccs2)nc1CC(=O)N1CCNCC1C.Cl.Cl. The minimum absolute atomic E-state index is 0. The molecule has 128 valence electrons. The molecule has 0 aromatic carbocycles. The van der Waals surface area contributed by atoms with Crippen molar-refractivity contribution in [3.63, 3.8) is 0 Å². The Morgan fingerprint density at radius 3 is 2.96 bits per heavy atom. The first kappa shape index (κ1) is 20.0. The predicted octanol–water partition coefficient (Wildman–Crippen LogP) is 2.92. The molecule has 0 spiro atoms. The molecule has 1 N–H and O–H groups in total. The molecule has 1 aliphatic heterocycles. The normalized spacial score (nSPS) is 17.3. The second-order valence-corrected chi connectivity index (χ2v) is 6.26. The number of aryl methyl sites for hydroxylation is 1. The fourth-order valence-electron chi connectivity index (χ4n) is 2.55. The number of rotatable bonds is 3. The van der Waals surface area contributed by atoms with E-state index in [1.165, 1.54) is 0 Å². The summed E-state index contributed by atoms with van der Waals surface area (Å²) < 4.78 is 5.69. The molecule has 1 fully saturated rings. The van der Waals surface area contributed by atoms with Gasteiger partial charge in [-0.1, -0.05) is 6.07 Å². The summed E-state index contributed by atoms with van der Waals surface area (Å²) in [5.74, 6) is 1.46. The van der Waals surface area contributed by atoms with Crippen LogP contribution in [-0.2, 0) is 11.2 Å². The summed E-state index contributed by atoms with van der Waals surface area (Å²) >= 11 is 1.59. The Morgan fingerprint density at radius 2 is 2.30 bits per heavy atom. The van der Waals surface area contributed by atoms with Crippen LogP contribution in [0.2, 0.25) is 0 Å². The number of nitrogens with one attached hydrogen (secondary N) is 1. The molecule has 8 heteroatoms. The van der Waals surface area contributed by atoms with E-state index in [2.05, 4.69) is 17.2 Å². The molecule has 1 unspecified atom stereocenters. The average molecular weight is 378 g/mol. The monoisotopic (exact) mass is 377 g/mol. The Hall–Kier alpha value is -1.08. The minimum atomic E-state index is 0. The predicted molar refractivity (Wildman–Crippen MR) is 96.8 cm³/mol. The highest BCUT2D eigenvalue weighted by molar-refractivity contribution is 7.13. The van der Waals surface area contributed by atoms with Crippen molar-refractivity contribution in [1.82, 2.24) is 15.2 Å². The van der Waals surface area contributed by atoms with Crippen LogP contribution in [-0.4, -0.2) is 41.5 Å². The molecule has 23 heavy (non-hydrogen) atoms. The number of piperazine rings is 1. The van der Waals surface area contributed by atoms with E-state index in [0.717, 1.165) is 36.0 Å². The molecule has 3 heterocycles. The van der Waals surface area contributed by atoms with Crippen molar-refractivity contribution < 1.29 is 9.21 Å². The molecule has 0 saturated carbocycles. The zero-order valence-electron chi connectivity index (χ0n) is 13.1. The highest BCUT2D eigenvalue weighted by Crippen LogP contribution is 2.26. The summed E-state index contributed by atoms with van der Waals surface area (Å²) in [6.07, 6.45) is 0.311. The second kappa shape index (κ2) is 8.68. The van der Waals surface area contributed by atoms with Crippen LogP contribution in [0.25, 0.3) is 10.8 Å². The Bertz CT molecular complexity index is 631. The molecular weight excluding hydrogens is 357 g/mol. The summed E-state index contributed by atoms with van der Waals surface area (Å²) in [5, 5.41) is 5.28. The molecule has 2 aromatic rings. The van der Waals surface area contributed by atoms with Crippen molar-refractivity contribution in [2.75, 3.05) is 19.6 Å². The van der Waals surface area contributed by atoms with E-state index in [1.54, 1.807) is 11.3 Å².